The van der Waals surface area contributed by atoms with Crippen LogP contribution in [-0.4, -0.2) is 54.2 Å². The molecule has 0 aromatic rings. The first-order valence-corrected chi connectivity index (χ1v) is 10.1. The van der Waals surface area contributed by atoms with Crippen LogP contribution in [0.5, 0.6) is 0 Å². The van der Waals surface area contributed by atoms with Gasteiger partial charge in [0, 0.05) is 44.1 Å². The minimum absolute atomic E-state index is 0.0271. The molecule has 3 atom stereocenters. The number of hydrogen-bond acceptors (Lipinski definition) is 3. The summed E-state index contributed by atoms with van der Waals surface area (Å²) < 4.78 is 6.09. The van der Waals surface area contributed by atoms with Gasteiger partial charge in [0.15, 0.2) is 0 Å². The predicted molar refractivity (Wildman–Crippen MR) is 94.2 cm³/mol. The molecule has 3 saturated heterocycles. The fourth-order valence-corrected chi connectivity index (χ4v) is 5.38. The molecular formula is C19H31N3O3. The molecule has 1 spiro atoms. The Hall–Kier alpha value is -1.30. The Bertz CT molecular complexity index is 518. The minimum Gasteiger partial charge on any atom is -0.375 e. The summed E-state index contributed by atoms with van der Waals surface area (Å²) in [4.78, 5) is 26.6. The molecule has 140 valence electrons. The lowest BCUT2D eigenvalue weighted by Crippen LogP contribution is -2.56. The first-order valence-electron chi connectivity index (χ1n) is 10.1. The number of nitrogens with one attached hydrogen (secondary N) is 2. The zero-order valence-corrected chi connectivity index (χ0v) is 15.1. The summed E-state index contributed by atoms with van der Waals surface area (Å²) in [5, 5.41) is 6.23. The van der Waals surface area contributed by atoms with Crippen LogP contribution in [-0.2, 0) is 9.53 Å². The number of urea groups is 1. The number of amides is 3. The topological polar surface area (TPSA) is 70.7 Å². The standard InChI is InChI=1S/C19H31N3O3/c23-17-11-14(13-20-17)16-5-1-4-9-22(16)18(24)21-15-6-10-25-19(12-15)7-2-3-8-19/h14-16H,1-13H2,(H,20,23)(H,21,24)/t14-,15-,16+/m0/s1. The highest BCUT2D eigenvalue weighted by atomic mass is 16.5. The van der Waals surface area contributed by atoms with Crippen molar-refractivity contribution in [3.8, 4) is 0 Å². The molecule has 3 heterocycles. The van der Waals surface area contributed by atoms with Crippen molar-refractivity contribution in [2.75, 3.05) is 19.7 Å². The summed E-state index contributed by atoms with van der Waals surface area (Å²) in [6, 6.07) is 0.502. The highest BCUT2D eigenvalue weighted by Gasteiger charge is 2.42. The molecule has 4 fully saturated rings. The molecule has 6 nitrogen and oxygen atoms in total. The number of carbonyl (C=O) groups is 2. The number of carbonyl (C=O) groups excluding carboxylic acids is 2. The zero-order chi connectivity index (χ0) is 17.3. The zero-order valence-electron chi connectivity index (χ0n) is 15.1. The van der Waals surface area contributed by atoms with Crippen molar-refractivity contribution in [1.29, 1.82) is 0 Å². The molecule has 3 aliphatic heterocycles. The monoisotopic (exact) mass is 349 g/mol. The molecule has 4 aliphatic rings. The summed E-state index contributed by atoms with van der Waals surface area (Å²) in [6.07, 6.45) is 10.4. The van der Waals surface area contributed by atoms with Gasteiger partial charge in [0.1, 0.15) is 0 Å². The number of likely N-dealkylation sites (tertiary alicyclic amines) is 1. The van der Waals surface area contributed by atoms with E-state index in [1.165, 1.54) is 12.8 Å². The second-order valence-corrected chi connectivity index (χ2v) is 8.40. The Labute approximate surface area is 150 Å². The number of ether oxygens (including phenoxy) is 1. The number of rotatable bonds is 2. The van der Waals surface area contributed by atoms with E-state index < -0.39 is 0 Å². The van der Waals surface area contributed by atoms with Crippen molar-refractivity contribution in [3.05, 3.63) is 0 Å². The maximum absolute atomic E-state index is 13.0. The van der Waals surface area contributed by atoms with Gasteiger partial charge in [-0.3, -0.25) is 4.79 Å². The molecule has 2 N–H and O–H groups in total. The third kappa shape index (κ3) is 3.64. The summed E-state index contributed by atoms with van der Waals surface area (Å²) in [6.45, 7) is 2.29. The lowest BCUT2D eigenvalue weighted by atomic mass is 9.88. The molecule has 0 aromatic carbocycles. The van der Waals surface area contributed by atoms with Crippen LogP contribution in [0.25, 0.3) is 0 Å². The van der Waals surface area contributed by atoms with E-state index in [1.807, 2.05) is 4.90 Å². The molecule has 1 saturated carbocycles. The molecule has 0 unspecified atom stereocenters. The molecule has 0 bridgehead atoms. The van der Waals surface area contributed by atoms with Crippen molar-refractivity contribution in [3.63, 3.8) is 0 Å². The highest BCUT2D eigenvalue weighted by Crippen LogP contribution is 2.40. The maximum Gasteiger partial charge on any atom is 0.317 e. The number of hydrogen-bond donors (Lipinski definition) is 2. The van der Waals surface area contributed by atoms with Crippen LogP contribution < -0.4 is 10.6 Å². The SMILES string of the molecule is O=C1C[C@H]([C@H]2CCCCN2C(=O)N[C@H]2CCOC3(CCCC3)C2)CN1. The second-order valence-electron chi connectivity index (χ2n) is 8.40. The van der Waals surface area contributed by atoms with E-state index in [1.54, 1.807) is 0 Å². The molecular weight excluding hydrogens is 318 g/mol. The Balaban J connectivity index is 1.38. The van der Waals surface area contributed by atoms with E-state index >= 15 is 0 Å². The quantitative estimate of drug-likeness (QED) is 0.803. The number of nitrogens with zero attached hydrogens (tertiary/aromatic N) is 1. The molecule has 1 aliphatic carbocycles. The van der Waals surface area contributed by atoms with Crippen molar-refractivity contribution in [2.24, 2.45) is 5.92 Å². The normalized spacial score (nSPS) is 35.0. The van der Waals surface area contributed by atoms with E-state index in [9.17, 15) is 9.59 Å². The van der Waals surface area contributed by atoms with Crippen LogP contribution in [0.1, 0.15) is 64.2 Å². The Morgan fingerprint density at radius 1 is 1.20 bits per heavy atom. The minimum atomic E-state index is 0.0271. The third-order valence-corrected chi connectivity index (χ3v) is 6.70. The van der Waals surface area contributed by atoms with E-state index in [0.29, 0.717) is 13.0 Å². The van der Waals surface area contributed by atoms with E-state index in [4.69, 9.17) is 4.74 Å². The average molecular weight is 349 g/mol. The van der Waals surface area contributed by atoms with Gasteiger partial charge in [0.2, 0.25) is 5.91 Å². The van der Waals surface area contributed by atoms with Gasteiger partial charge >= 0.3 is 6.03 Å². The van der Waals surface area contributed by atoms with E-state index in [-0.39, 0.29) is 35.5 Å². The van der Waals surface area contributed by atoms with Crippen LogP contribution in [0.3, 0.4) is 0 Å². The lowest BCUT2D eigenvalue weighted by molar-refractivity contribution is -0.119. The van der Waals surface area contributed by atoms with Gasteiger partial charge in [-0.15, -0.1) is 0 Å². The first-order chi connectivity index (χ1) is 12.2. The van der Waals surface area contributed by atoms with Gasteiger partial charge < -0.3 is 20.3 Å². The Kier molecular flexibility index (Phi) is 4.89. The van der Waals surface area contributed by atoms with Gasteiger partial charge in [-0.25, -0.2) is 4.79 Å². The van der Waals surface area contributed by atoms with Crippen LogP contribution in [0.15, 0.2) is 0 Å². The number of piperidine rings is 1. The Morgan fingerprint density at radius 3 is 2.80 bits per heavy atom. The summed E-state index contributed by atoms with van der Waals surface area (Å²) >= 11 is 0. The smallest absolute Gasteiger partial charge is 0.317 e. The van der Waals surface area contributed by atoms with Crippen molar-refractivity contribution in [2.45, 2.75) is 81.9 Å². The van der Waals surface area contributed by atoms with Crippen LogP contribution in [0.2, 0.25) is 0 Å². The Morgan fingerprint density at radius 2 is 2.04 bits per heavy atom. The van der Waals surface area contributed by atoms with Gasteiger partial charge in [0.25, 0.3) is 0 Å². The van der Waals surface area contributed by atoms with Gasteiger partial charge in [-0.1, -0.05) is 12.8 Å². The van der Waals surface area contributed by atoms with Crippen LogP contribution in [0.4, 0.5) is 4.79 Å². The predicted octanol–water partition coefficient (Wildman–Crippen LogP) is 2.18. The summed E-state index contributed by atoms with van der Waals surface area (Å²) in [7, 11) is 0. The van der Waals surface area contributed by atoms with Gasteiger partial charge in [0.05, 0.1) is 5.60 Å². The molecule has 4 rings (SSSR count). The van der Waals surface area contributed by atoms with E-state index in [2.05, 4.69) is 10.6 Å². The molecule has 6 heteroatoms. The molecule has 0 radical (unpaired) electrons. The average Bonchev–Trinajstić information content (AvgIpc) is 3.24. The molecule has 3 amide bonds. The summed E-state index contributed by atoms with van der Waals surface area (Å²) in [5.74, 6) is 0.401. The third-order valence-electron chi connectivity index (χ3n) is 6.70. The summed E-state index contributed by atoms with van der Waals surface area (Å²) in [5.41, 5.74) is 0.0271. The fraction of sp³-hybridized carbons (Fsp3) is 0.895. The van der Waals surface area contributed by atoms with E-state index in [0.717, 1.165) is 58.1 Å². The van der Waals surface area contributed by atoms with Crippen molar-refractivity contribution in [1.82, 2.24) is 15.5 Å². The lowest BCUT2D eigenvalue weighted by Gasteiger charge is -2.42. The fourth-order valence-electron chi connectivity index (χ4n) is 5.38. The largest absolute Gasteiger partial charge is 0.375 e. The second kappa shape index (κ2) is 7.14. The van der Waals surface area contributed by atoms with Crippen molar-refractivity contribution < 1.29 is 14.3 Å². The highest BCUT2D eigenvalue weighted by molar-refractivity contribution is 5.79. The first kappa shape index (κ1) is 17.1. The van der Waals surface area contributed by atoms with Gasteiger partial charge in [-0.05, 0) is 44.9 Å². The van der Waals surface area contributed by atoms with Crippen LogP contribution >= 0.6 is 0 Å². The molecule has 0 aromatic heterocycles. The van der Waals surface area contributed by atoms with Crippen molar-refractivity contribution >= 4 is 11.9 Å². The maximum atomic E-state index is 13.0. The molecule has 25 heavy (non-hydrogen) atoms. The van der Waals surface area contributed by atoms with Gasteiger partial charge in [-0.2, -0.15) is 0 Å². The van der Waals surface area contributed by atoms with Crippen LogP contribution in [0, 0.1) is 5.92 Å².